The van der Waals surface area contributed by atoms with E-state index in [1.165, 1.54) is 0 Å². The van der Waals surface area contributed by atoms with Crippen molar-refractivity contribution in [2.24, 2.45) is 5.92 Å². The predicted octanol–water partition coefficient (Wildman–Crippen LogP) is 2.54. The molecular formula is C14H15NO3. The van der Waals surface area contributed by atoms with Crippen molar-refractivity contribution in [1.29, 1.82) is 5.26 Å². The van der Waals surface area contributed by atoms with E-state index in [-0.39, 0.29) is 23.7 Å². The van der Waals surface area contributed by atoms with Crippen LogP contribution in [0, 0.1) is 24.2 Å². The molecule has 2 rings (SSSR count). The number of phenols is 1. The monoisotopic (exact) mass is 245 g/mol. The number of carbonyl (C=O) groups is 1. The van der Waals surface area contributed by atoms with Gasteiger partial charge < -0.3 is 10.2 Å². The van der Waals surface area contributed by atoms with Crippen LogP contribution in [0.5, 0.6) is 5.75 Å². The van der Waals surface area contributed by atoms with Crippen LogP contribution in [0.15, 0.2) is 12.1 Å². The number of aryl methyl sites for hydroxylation is 1. The Hall–Kier alpha value is -2.02. The fourth-order valence-electron chi connectivity index (χ4n) is 2.35. The molecule has 1 aliphatic rings. The van der Waals surface area contributed by atoms with E-state index in [4.69, 9.17) is 10.4 Å². The van der Waals surface area contributed by atoms with E-state index in [9.17, 15) is 9.90 Å². The van der Waals surface area contributed by atoms with Crippen LogP contribution in [0.3, 0.4) is 0 Å². The molecule has 0 amide bonds. The SMILES string of the molecule is Cc1cc(C(CC(=O)O)C2CC2)cc(C#N)c1O. The van der Waals surface area contributed by atoms with Crippen LogP contribution in [-0.4, -0.2) is 16.2 Å². The minimum absolute atomic E-state index is 0.00822. The third kappa shape index (κ3) is 2.45. The van der Waals surface area contributed by atoms with Gasteiger partial charge in [-0.15, -0.1) is 0 Å². The summed E-state index contributed by atoms with van der Waals surface area (Å²) in [5.74, 6) is -0.479. The number of hydrogen-bond acceptors (Lipinski definition) is 3. The van der Waals surface area contributed by atoms with Crippen LogP contribution in [-0.2, 0) is 4.79 Å². The zero-order valence-electron chi connectivity index (χ0n) is 10.2. The van der Waals surface area contributed by atoms with Crippen molar-refractivity contribution in [2.45, 2.75) is 32.1 Å². The van der Waals surface area contributed by atoms with Gasteiger partial charge >= 0.3 is 5.97 Å². The Balaban J connectivity index is 2.39. The number of carboxylic acids is 1. The van der Waals surface area contributed by atoms with E-state index in [2.05, 4.69) is 0 Å². The van der Waals surface area contributed by atoms with Crippen molar-refractivity contribution >= 4 is 5.97 Å². The molecule has 0 bridgehead atoms. The lowest BCUT2D eigenvalue weighted by molar-refractivity contribution is -0.137. The van der Waals surface area contributed by atoms with Crippen molar-refractivity contribution in [2.75, 3.05) is 0 Å². The maximum Gasteiger partial charge on any atom is 0.303 e. The molecule has 18 heavy (non-hydrogen) atoms. The minimum Gasteiger partial charge on any atom is -0.506 e. The Morgan fingerprint density at radius 1 is 1.56 bits per heavy atom. The number of carboxylic acid groups (broad SMARTS) is 1. The van der Waals surface area contributed by atoms with Crippen molar-refractivity contribution in [3.8, 4) is 11.8 Å². The minimum atomic E-state index is -0.823. The molecule has 1 unspecified atom stereocenters. The normalized spacial score (nSPS) is 16.0. The zero-order chi connectivity index (χ0) is 13.3. The second-order valence-electron chi connectivity index (χ2n) is 4.89. The number of rotatable bonds is 4. The first kappa shape index (κ1) is 12.4. The van der Waals surface area contributed by atoms with E-state index in [1.807, 2.05) is 6.07 Å². The summed E-state index contributed by atoms with van der Waals surface area (Å²) >= 11 is 0. The zero-order valence-corrected chi connectivity index (χ0v) is 10.2. The molecule has 0 aromatic heterocycles. The van der Waals surface area contributed by atoms with Gasteiger partial charge in [0.2, 0.25) is 0 Å². The summed E-state index contributed by atoms with van der Waals surface area (Å²) in [7, 11) is 0. The Morgan fingerprint density at radius 2 is 2.22 bits per heavy atom. The molecule has 0 spiro atoms. The van der Waals surface area contributed by atoms with Crippen molar-refractivity contribution in [3.63, 3.8) is 0 Å². The van der Waals surface area contributed by atoms with Crippen molar-refractivity contribution < 1.29 is 15.0 Å². The van der Waals surface area contributed by atoms with Crippen molar-refractivity contribution in [3.05, 3.63) is 28.8 Å². The standard InChI is InChI=1S/C14H15NO3/c1-8-4-10(5-11(7-15)14(8)18)12(6-13(16)17)9-2-3-9/h4-5,9,12,18H,2-3,6H2,1H3,(H,16,17). The maximum atomic E-state index is 10.9. The molecular weight excluding hydrogens is 230 g/mol. The number of aliphatic carboxylic acids is 1. The summed E-state index contributed by atoms with van der Waals surface area (Å²) in [6, 6.07) is 5.36. The average molecular weight is 245 g/mol. The summed E-state index contributed by atoms with van der Waals surface area (Å²) in [5, 5.41) is 27.6. The first-order valence-corrected chi connectivity index (χ1v) is 5.98. The summed E-state index contributed by atoms with van der Waals surface area (Å²) < 4.78 is 0. The molecule has 0 radical (unpaired) electrons. The second-order valence-corrected chi connectivity index (χ2v) is 4.89. The Kier molecular flexibility index (Phi) is 3.24. The molecule has 4 heteroatoms. The van der Waals surface area contributed by atoms with Crippen LogP contribution in [0.4, 0.5) is 0 Å². The molecule has 1 atom stereocenters. The molecule has 94 valence electrons. The molecule has 4 nitrogen and oxygen atoms in total. The molecule has 0 heterocycles. The molecule has 1 aromatic rings. The van der Waals surface area contributed by atoms with Gasteiger partial charge in [0.05, 0.1) is 12.0 Å². The van der Waals surface area contributed by atoms with Crippen LogP contribution < -0.4 is 0 Å². The molecule has 1 aliphatic carbocycles. The van der Waals surface area contributed by atoms with E-state index in [1.54, 1.807) is 19.1 Å². The van der Waals surface area contributed by atoms with Gasteiger partial charge in [-0.25, -0.2) is 0 Å². The number of nitriles is 1. The van der Waals surface area contributed by atoms with Gasteiger partial charge in [-0.1, -0.05) is 6.07 Å². The van der Waals surface area contributed by atoms with Gasteiger partial charge in [-0.05, 0) is 48.8 Å². The highest BCUT2D eigenvalue weighted by Crippen LogP contribution is 2.45. The molecule has 0 aliphatic heterocycles. The average Bonchev–Trinajstić information content (AvgIpc) is 3.13. The highest BCUT2D eigenvalue weighted by molar-refractivity contribution is 5.68. The van der Waals surface area contributed by atoms with Gasteiger partial charge in [0.1, 0.15) is 11.8 Å². The van der Waals surface area contributed by atoms with E-state index in [0.717, 1.165) is 18.4 Å². The van der Waals surface area contributed by atoms with E-state index in [0.29, 0.717) is 11.5 Å². The predicted molar refractivity (Wildman–Crippen MR) is 65.3 cm³/mol. The van der Waals surface area contributed by atoms with Crippen molar-refractivity contribution in [1.82, 2.24) is 0 Å². The first-order valence-electron chi connectivity index (χ1n) is 5.98. The third-order valence-corrected chi connectivity index (χ3v) is 3.46. The van der Waals surface area contributed by atoms with Crippen LogP contribution >= 0.6 is 0 Å². The quantitative estimate of drug-likeness (QED) is 0.854. The van der Waals surface area contributed by atoms with Gasteiger partial charge in [0.25, 0.3) is 0 Å². The Morgan fingerprint density at radius 3 is 2.72 bits per heavy atom. The Labute approximate surface area is 105 Å². The van der Waals surface area contributed by atoms with Gasteiger partial charge in [-0.3, -0.25) is 4.79 Å². The highest BCUT2D eigenvalue weighted by Gasteiger charge is 2.34. The fraction of sp³-hybridized carbons (Fsp3) is 0.429. The summed E-state index contributed by atoms with van der Waals surface area (Å²) in [6.45, 7) is 1.73. The summed E-state index contributed by atoms with van der Waals surface area (Å²) in [5.41, 5.74) is 1.70. The summed E-state index contributed by atoms with van der Waals surface area (Å²) in [4.78, 5) is 10.9. The lowest BCUT2D eigenvalue weighted by atomic mass is 9.88. The first-order chi connectivity index (χ1) is 8.52. The number of phenolic OH excluding ortho intramolecular Hbond substituents is 1. The topological polar surface area (TPSA) is 81.3 Å². The number of hydrogen-bond donors (Lipinski definition) is 2. The highest BCUT2D eigenvalue weighted by atomic mass is 16.4. The van der Waals surface area contributed by atoms with E-state index >= 15 is 0 Å². The lowest BCUT2D eigenvalue weighted by Crippen LogP contribution is -2.09. The molecule has 2 N–H and O–H groups in total. The lowest BCUT2D eigenvalue weighted by Gasteiger charge is -2.16. The molecule has 1 saturated carbocycles. The second kappa shape index (κ2) is 4.69. The smallest absolute Gasteiger partial charge is 0.303 e. The van der Waals surface area contributed by atoms with E-state index < -0.39 is 5.97 Å². The number of aromatic hydroxyl groups is 1. The van der Waals surface area contributed by atoms with Crippen LogP contribution in [0.1, 0.15) is 41.9 Å². The molecule has 0 saturated heterocycles. The van der Waals surface area contributed by atoms with Gasteiger partial charge in [0.15, 0.2) is 0 Å². The van der Waals surface area contributed by atoms with Gasteiger partial charge in [0, 0.05) is 0 Å². The largest absolute Gasteiger partial charge is 0.506 e. The third-order valence-electron chi connectivity index (χ3n) is 3.46. The molecule has 1 fully saturated rings. The van der Waals surface area contributed by atoms with Crippen LogP contribution in [0.25, 0.3) is 0 Å². The Bertz CT molecular complexity index is 527. The molecule has 1 aromatic carbocycles. The number of benzene rings is 1. The maximum absolute atomic E-state index is 10.9. The van der Waals surface area contributed by atoms with Crippen LogP contribution in [0.2, 0.25) is 0 Å². The van der Waals surface area contributed by atoms with Gasteiger partial charge in [-0.2, -0.15) is 5.26 Å². The summed E-state index contributed by atoms with van der Waals surface area (Å²) in [6.07, 6.45) is 2.17. The fourth-order valence-corrected chi connectivity index (χ4v) is 2.35. The number of nitrogens with zero attached hydrogens (tertiary/aromatic N) is 1.